The lowest BCUT2D eigenvalue weighted by molar-refractivity contribution is -0.116. The molecule has 1 aromatic rings. The van der Waals surface area contributed by atoms with Gasteiger partial charge in [-0.05, 0) is 43.0 Å². The molecule has 1 N–H and O–H groups in total. The highest BCUT2D eigenvalue weighted by atomic mass is 35.7. The topological polar surface area (TPSA) is 63.2 Å². The van der Waals surface area contributed by atoms with Crippen LogP contribution in [0.25, 0.3) is 0 Å². The first-order valence-electron chi connectivity index (χ1n) is 6.05. The zero-order chi connectivity index (χ0) is 14.6. The smallest absolute Gasteiger partial charge is 0.261 e. The van der Waals surface area contributed by atoms with Crippen LogP contribution in [0, 0.1) is 12.8 Å². The molecule has 1 aromatic carbocycles. The first-order chi connectivity index (χ1) is 8.70. The van der Waals surface area contributed by atoms with Gasteiger partial charge in [-0.3, -0.25) is 4.79 Å². The van der Waals surface area contributed by atoms with Crippen molar-refractivity contribution in [3.05, 3.63) is 23.8 Å². The maximum Gasteiger partial charge on any atom is 0.261 e. The van der Waals surface area contributed by atoms with Crippen LogP contribution in [0.2, 0.25) is 0 Å². The van der Waals surface area contributed by atoms with Gasteiger partial charge in [0.25, 0.3) is 9.05 Å². The number of carbonyl (C=O) groups excluding carboxylic acids is 1. The molecule has 1 rings (SSSR count). The molecule has 4 nitrogen and oxygen atoms in total. The maximum atomic E-state index is 11.7. The van der Waals surface area contributed by atoms with Crippen LogP contribution >= 0.6 is 10.7 Å². The molecule has 0 radical (unpaired) electrons. The molecule has 0 bridgehead atoms. The third-order valence-corrected chi connectivity index (χ3v) is 4.05. The summed E-state index contributed by atoms with van der Waals surface area (Å²) in [6, 6.07) is 4.38. The van der Waals surface area contributed by atoms with E-state index in [2.05, 4.69) is 19.2 Å². The van der Waals surface area contributed by atoms with Crippen molar-refractivity contribution >= 4 is 31.3 Å². The molecule has 0 aliphatic rings. The Morgan fingerprint density at radius 2 is 2.00 bits per heavy atom. The Balaban J connectivity index is 2.78. The molecular formula is C13H18ClNO3S. The second kappa shape index (κ2) is 6.39. The Morgan fingerprint density at radius 3 is 2.47 bits per heavy atom. The van der Waals surface area contributed by atoms with Gasteiger partial charge in [-0.1, -0.05) is 13.8 Å². The molecule has 0 atom stereocenters. The third-order valence-electron chi connectivity index (χ3n) is 2.70. The largest absolute Gasteiger partial charge is 0.326 e. The van der Waals surface area contributed by atoms with Crippen molar-refractivity contribution in [3.63, 3.8) is 0 Å². The Hall–Kier alpha value is -1.07. The van der Waals surface area contributed by atoms with Crippen LogP contribution in [0.5, 0.6) is 0 Å². The quantitative estimate of drug-likeness (QED) is 0.849. The van der Waals surface area contributed by atoms with E-state index in [1.807, 2.05) is 0 Å². The molecule has 19 heavy (non-hydrogen) atoms. The van der Waals surface area contributed by atoms with Gasteiger partial charge in [0.05, 0.1) is 4.90 Å². The maximum absolute atomic E-state index is 11.7. The molecule has 0 unspecified atom stereocenters. The summed E-state index contributed by atoms with van der Waals surface area (Å²) < 4.78 is 22.3. The van der Waals surface area contributed by atoms with Crippen LogP contribution in [0.15, 0.2) is 23.1 Å². The van der Waals surface area contributed by atoms with E-state index in [1.54, 1.807) is 13.0 Å². The highest BCUT2D eigenvalue weighted by Gasteiger charge is 2.12. The number of carbonyl (C=O) groups is 1. The van der Waals surface area contributed by atoms with E-state index in [-0.39, 0.29) is 10.8 Å². The minimum absolute atomic E-state index is 0.0341. The summed E-state index contributed by atoms with van der Waals surface area (Å²) in [7, 11) is 1.53. The number of hydrogen-bond donors (Lipinski definition) is 1. The van der Waals surface area contributed by atoms with Crippen molar-refractivity contribution in [2.45, 2.75) is 38.5 Å². The minimum atomic E-state index is -3.73. The standard InChI is InChI=1S/C13H18ClNO3S/c1-9(2)4-7-13(16)15-12-6-5-11(8-10(12)3)19(14,17)18/h5-6,8-9H,4,7H2,1-3H3,(H,15,16). The van der Waals surface area contributed by atoms with Crippen LogP contribution in [-0.4, -0.2) is 14.3 Å². The average molecular weight is 304 g/mol. The monoisotopic (exact) mass is 303 g/mol. The van der Waals surface area contributed by atoms with Crippen LogP contribution in [0.1, 0.15) is 32.3 Å². The lowest BCUT2D eigenvalue weighted by atomic mass is 10.1. The van der Waals surface area contributed by atoms with Gasteiger partial charge >= 0.3 is 0 Å². The summed E-state index contributed by atoms with van der Waals surface area (Å²) in [4.78, 5) is 11.7. The summed E-state index contributed by atoms with van der Waals surface area (Å²) in [5.41, 5.74) is 1.28. The Kier molecular flexibility index (Phi) is 5.38. The highest BCUT2D eigenvalue weighted by Crippen LogP contribution is 2.22. The van der Waals surface area contributed by atoms with Gasteiger partial charge in [0, 0.05) is 22.8 Å². The first-order valence-corrected chi connectivity index (χ1v) is 8.36. The van der Waals surface area contributed by atoms with E-state index in [0.717, 1.165) is 6.42 Å². The molecule has 0 saturated carbocycles. The molecule has 0 aliphatic carbocycles. The fourth-order valence-electron chi connectivity index (χ4n) is 1.56. The number of nitrogens with one attached hydrogen (secondary N) is 1. The summed E-state index contributed by atoms with van der Waals surface area (Å²) in [6.45, 7) is 5.83. The highest BCUT2D eigenvalue weighted by molar-refractivity contribution is 8.13. The summed E-state index contributed by atoms with van der Waals surface area (Å²) in [5.74, 6) is 0.397. The lowest BCUT2D eigenvalue weighted by Gasteiger charge is -2.10. The Morgan fingerprint density at radius 1 is 1.37 bits per heavy atom. The van der Waals surface area contributed by atoms with Gasteiger partial charge in [-0.25, -0.2) is 8.42 Å². The minimum Gasteiger partial charge on any atom is -0.326 e. The van der Waals surface area contributed by atoms with Crippen molar-refractivity contribution in [2.75, 3.05) is 5.32 Å². The summed E-state index contributed by atoms with van der Waals surface area (Å²) >= 11 is 0. The average Bonchev–Trinajstić information content (AvgIpc) is 2.27. The second-order valence-electron chi connectivity index (χ2n) is 4.90. The number of aryl methyl sites for hydroxylation is 1. The number of halogens is 1. The van der Waals surface area contributed by atoms with E-state index < -0.39 is 9.05 Å². The molecule has 0 spiro atoms. The fraction of sp³-hybridized carbons (Fsp3) is 0.462. The predicted octanol–water partition coefficient (Wildman–Crippen LogP) is 3.30. The van der Waals surface area contributed by atoms with Crippen LogP contribution in [0.3, 0.4) is 0 Å². The molecule has 0 aliphatic heterocycles. The van der Waals surface area contributed by atoms with Crippen LogP contribution in [-0.2, 0) is 13.8 Å². The SMILES string of the molecule is Cc1cc(S(=O)(=O)Cl)ccc1NC(=O)CCC(C)C. The zero-order valence-corrected chi connectivity index (χ0v) is 12.8. The van der Waals surface area contributed by atoms with Gasteiger partial charge in [0.15, 0.2) is 0 Å². The summed E-state index contributed by atoms with van der Waals surface area (Å²) in [6.07, 6.45) is 1.27. The van der Waals surface area contributed by atoms with Crippen molar-refractivity contribution in [1.82, 2.24) is 0 Å². The van der Waals surface area contributed by atoms with Crippen molar-refractivity contribution < 1.29 is 13.2 Å². The van der Waals surface area contributed by atoms with Crippen LogP contribution < -0.4 is 5.32 Å². The van der Waals surface area contributed by atoms with Gasteiger partial charge in [0.2, 0.25) is 5.91 Å². The first kappa shape index (κ1) is 16.0. The number of rotatable bonds is 5. The summed E-state index contributed by atoms with van der Waals surface area (Å²) in [5, 5.41) is 2.77. The van der Waals surface area contributed by atoms with Crippen molar-refractivity contribution in [3.8, 4) is 0 Å². The molecule has 106 valence electrons. The van der Waals surface area contributed by atoms with E-state index in [4.69, 9.17) is 10.7 Å². The molecule has 0 aromatic heterocycles. The predicted molar refractivity (Wildman–Crippen MR) is 76.9 cm³/mol. The van der Waals surface area contributed by atoms with Gasteiger partial charge < -0.3 is 5.32 Å². The van der Waals surface area contributed by atoms with Gasteiger partial charge in [0.1, 0.15) is 0 Å². The molecular weight excluding hydrogens is 286 g/mol. The Bertz CT molecular complexity index is 567. The Labute approximate surface area is 118 Å². The second-order valence-corrected chi connectivity index (χ2v) is 7.46. The molecule has 0 heterocycles. The molecule has 1 amide bonds. The van der Waals surface area contributed by atoms with Crippen molar-refractivity contribution in [2.24, 2.45) is 5.92 Å². The molecule has 6 heteroatoms. The molecule has 0 saturated heterocycles. The normalized spacial score (nSPS) is 11.6. The van der Waals surface area contributed by atoms with E-state index in [0.29, 0.717) is 23.6 Å². The lowest BCUT2D eigenvalue weighted by Crippen LogP contribution is -2.13. The van der Waals surface area contributed by atoms with Crippen molar-refractivity contribution in [1.29, 1.82) is 0 Å². The fourth-order valence-corrected chi connectivity index (χ4v) is 2.40. The number of amides is 1. The van der Waals surface area contributed by atoms with E-state index in [1.165, 1.54) is 12.1 Å². The third kappa shape index (κ3) is 5.20. The van der Waals surface area contributed by atoms with E-state index in [9.17, 15) is 13.2 Å². The number of hydrogen-bond acceptors (Lipinski definition) is 3. The van der Waals surface area contributed by atoms with E-state index >= 15 is 0 Å². The number of benzene rings is 1. The zero-order valence-electron chi connectivity index (χ0n) is 11.2. The van der Waals surface area contributed by atoms with Gasteiger partial charge in [-0.2, -0.15) is 0 Å². The number of anilines is 1. The molecule has 0 fully saturated rings. The van der Waals surface area contributed by atoms with Gasteiger partial charge in [-0.15, -0.1) is 0 Å². The van der Waals surface area contributed by atoms with Crippen LogP contribution in [0.4, 0.5) is 5.69 Å².